The molecule has 260 valence electrons. The van der Waals surface area contributed by atoms with Crippen molar-refractivity contribution in [2.75, 3.05) is 0 Å². The normalized spacial score (nSPS) is 9.41. The van der Waals surface area contributed by atoms with Gasteiger partial charge in [-0.05, 0) is 79.8 Å². The maximum atomic E-state index is 12.3. The number of hydrogen-bond acceptors (Lipinski definition) is 2. The van der Waals surface area contributed by atoms with E-state index < -0.39 is 0 Å². The van der Waals surface area contributed by atoms with Crippen LogP contribution in [0.15, 0.2) is 78.9 Å². The third-order valence-electron chi connectivity index (χ3n) is 6.62. The Kier molecular flexibility index (Phi) is 34.4. The van der Waals surface area contributed by atoms with E-state index in [0.29, 0.717) is 18.6 Å². The lowest BCUT2D eigenvalue weighted by atomic mass is 9.93. The number of carbonyl (C=O) groups is 2. The van der Waals surface area contributed by atoms with Crippen LogP contribution in [-0.4, -0.2) is 11.6 Å². The molecule has 0 radical (unpaired) electrons. The molecule has 0 spiro atoms. The summed E-state index contributed by atoms with van der Waals surface area (Å²) in [5.41, 5.74) is 4.56. The Hall–Kier alpha value is -3.00. The van der Waals surface area contributed by atoms with Crippen LogP contribution in [0, 0.1) is 5.92 Å². The molecule has 0 amide bonds. The van der Waals surface area contributed by atoms with Crippen molar-refractivity contribution in [3.63, 3.8) is 0 Å². The molecule has 2 heteroatoms. The average molecular weight is 633 g/mol. The predicted octanol–water partition coefficient (Wildman–Crippen LogP) is 14.2. The molecule has 0 atom stereocenters. The first kappa shape index (κ1) is 47.4. The molecule has 0 bridgehead atoms. The number of ketones is 2. The number of rotatable bonds is 12. The van der Waals surface area contributed by atoms with Crippen molar-refractivity contribution in [3.8, 4) is 0 Å². The van der Waals surface area contributed by atoms with Crippen LogP contribution < -0.4 is 0 Å². The quantitative estimate of drug-likeness (QED) is 0.147. The average Bonchev–Trinajstić information content (AvgIpc) is 3.04. The smallest absolute Gasteiger partial charge is 0.163 e. The van der Waals surface area contributed by atoms with Gasteiger partial charge in [0.05, 0.1) is 0 Å². The Morgan fingerprint density at radius 2 is 1.17 bits per heavy atom. The predicted molar refractivity (Wildman–Crippen MR) is 209 cm³/mol. The van der Waals surface area contributed by atoms with E-state index in [0.717, 1.165) is 42.7 Å². The number of unbranched alkanes of at least 4 members (excludes halogenated alkanes) is 2. The summed E-state index contributed by atoms with van der Waals surface area (Å²) in [4.78, 5) is 22.9. The van der Waals surface area contributed by atoms with Crippen LogP contribution in [0.4, 0.5) is 0 Å². The highest BCUT2D eigenvalue weighted by Gasteiger charge is 2.11. The molecule has 0 aromatic heterocycles. The van der Waals surface area contributed by atoms with Crippen molar-refractivity contribution >= 4 is 22.3 Å². The van der Waals surface area contributed by atoms with Crippen LogP contribution >= 0.6 is 0 Å². The second-order valence-corrected chi connectivity index (χ2v) is 12.1. The minimum absolute atomic E-state index is 0.214. The first-order valence-electron chi connectivity index (χ1n) is 18.2. The zero-order valence-corrected chi connectivity index (χ0v) is 32.2. The number of fused-ring (bicyclic) bond motifs is 1. The molecule has 0 aliphatic carbocycles. The van der Waals surface area contributed by atoms with Gasteiger partial charge < -0.3 is 0 Å². The molecule has 0 saturated carbocycles. The standard InChI is InChI=1S/C18H22O.C9H10O.C7H14.C5H12.C3H8.C2H6/c1-3-5-9-16-12-14-10-6-7-11-15(14)13-17(16)18(19)8-4-2;1-8(10)7-9-5-3-2-4-6-9;1-4-5-6-7(2)3;1-4-5(2)3;1-3-2;1-2/h6-7,10-13H,3-5,8-9H2,1-2H3;2-6H,7H2,1H3;2,4-6H2,1,3H3;5H,4H2,1-3H3;3H2,1-2H3;1-2H3. The summed E-state index contributed by atoms with van der Waals surface area (Å²) in [6.07, 6.45) is 11.8. The summed E-state index contributed by atoms with van der Waals surface area (Å²) < 4.78 is 0. The molecule has 0 aliphatic rings. The summed E-state index contributed by atoms with van der Waals surface area (Å²) in [6, 6.07) is 22.3. The van der Waals surface area contributed by atoms with Crippen molar-refractivity contribution < 1.29 is 9.59 Å². The van der Waals surface area contributed by atoms with E-state index in [-0.39, 0.29) is 5.78 Å². The van der Waals surface area contributed by atoms with E-state index in [2.05, 4.69) is 99.2 Å². The van der Waals surface area contributed by atoms with Gasteiger partial charge in [0.1, 0.15) is 5.78 Å². The van der Waals surface area contributed by atoms with Gasteiger partial charge in [0.25, 0.3) is 0 Å². The van der Waals surface area contributed by atoms with Crippen molar-refractivity contribution in [2.24, 2.45) is 5.92 Å². The van der Waals surface area contributed by atoms with Crippen molar-refractivity contribution in [1.29, 1.82) is 0 Å². The highest BCUT2D eigenvalue weighted by atomic mass is 16.1. The largest absolute Gasteiger partial charge is 0.300 e. The van der Waals surface area contributed by atoms with Crippen molar-refractivity contribution in [1.82, 2.24) is 0 Å². The Bertz CT molecular complexity index is 1140. The van der Waals surface area contributed by atoms with Gasteiger partial charge in [-0.2, -0.15) is 0 Å². The van der Waals surface area contributed by atoms with Crippen LogP contribution in [0.3, 0.4) is 0 Å². The second-order valence-electron chi connectivity index (χ2n) is 12.1. The first-order valence-corrected chi connectivity index (χ1v) is 18.2. The molecule has 46 heavy (non-hydrogen) atoms. The zero-order valence-electron chi connectivity index (χ0n) is 32.2. The first-order chi connectivity index (χ1) is 22.0. The Morgan fingerprint density at radius 1 is 0.696 bits per heavy atom. The lowest BCUT2D eigenvalue weighted by Gasteiger charge is -2.10. The monoisotopic (exact) mass is 633 g/mol. The Labute approximate surface area is 286 Å². The summed E-state index contributed by atoms with van der Waals surface area (Å²) in [6.45, 7) is 28.8. The third-order valence-corrected chi connectivity index (χ3v) is 6.62. The molecule has 3 aromatic carbocycles. The van der Waals surface area contributed by atoms with E-state index in [9.17, 15) is 9.59 Å². The van der Waals surface area contributed by atoms with Gasteiger partial charge in [0.2, 0.25) is 0 Å². The maximum absolute atomic E-state index is 12.3. The molecular formula is C44H72O2. The van der Waals surface area contributed by atoms with Gasteiger partial charge >= 0.3 is 0 Å². The fourth-order valence-corrected chi connectivity index (χ4v) is 3.84. The maximum Gasteiger partial charge on any atom is 0.163 e. The molecule has 0 N–H and O–H groups in total. The highest BCUT2D eigenvalue weighted by Crippen LogP contribution is 2.23. The number of Topliss-reactive ketones (excluding diaryl/α,β-unsaturated/α-hetero) is 2. The highest BCUT2D eigenvalue weighted by molar-refractivity contribution is 6.01. The summed E-state index contributed by atoms with van der Waals surface area (Å²) in [5, 5.41) is 2.41. The molecule has 0 aliphatic heterocycles. The molecule has 0 saturated heterocycles. The summed E-state index contributed by atoms with van der Waals surface area (Å²) in [7, 11) is 0. The molecule has 3 aromatic rings. The van der Waals surface area contributed by atoms with E-state index in [1.165, 1.54) is 54.0 Å². The van der Waals surface area contributed by atoms with E-state index in [1.54, 1.807) is 6.92 Å². The zero-order chi connectivity index (χ0) is 35.8. The van der Waals surface area contributed by atoms with Crippen LogP contribution in [0.1, 0.15) is 162 Å². The van der Waals surface area contributed by atoms with Crippen LogP contribution in [0.2, 0.25) is 0 Å². The Balaban J connectivity index is -0.000000576. The van der Waals surface area contributed by atoms with Crippen molar-refractivity contribution in [2.45, 2.75) is 154 Å². The second kappa shape index (κ2) is 33.4. The lowest BCUT2D eigenvalue weighted by molar-refractivity contribution is -0.116. The SMILES string of the molecule is C=C(C)CCCC.CC.CC(=O)Cc1ccccc1.CCC.CCC(C)C.CCCCc1cc2ccccc2cc1C(=O)CCC. The molecule has 2 nitrogen and oxygen atoms in total. The third kappa shape index (κ3) is 27.3. The van der Waals surface area contributed by atoms with Crippen LogP contribution in [-0.2, 0) is 17.6 Å². The van der Waals surface area contributed by atoms with E-state index in [1.807, 2.05) is 50.2 Å². The fourth-order valence-electron chi connectivity index (χ4n) is 3.84. The van der Waals surface area contributed by atoms with Gasteiger partial charge in [0.15, 0.2) is 5.78 Å². The minimum atomic E-state index is 0.214. The van der Waals surface area contributed by atoms with E-state index >= 15 is 0 Å². The lowest BCUT2D eigenvalue weighted by Crippen LogP contribution is -2.04. The minimum Gasteiger partial charge on any atom is -0.300 e. The molecule has 0 fully saturated rings. The number of carbonyl (C=O) groups excluding carboxylic acids is 2. The number of benzene rings is 3. The summed E-state index contributed by atoms with van der Waals surface area (Å²) in [5.74, 6) is 1.39. The van der Waals surface area contributed by atoms with Gasteiger partial charge in [-0.3, -0.25) is 9.59 Å². The molecule has 0 unspecified atom stereocenters. The summed E-state index contributed by atoms with van der Waals surface area (Å²) >= 11 is 0. The van der Waals surface area contributed by atoms with Gasteiger partial charge in [-0.15, -0.1) is 6.58 Å². The number of hydrogen-bond donors (Lipinski definition) is 0. The molecule has 3 rings (SSSR count). The topological polar surface area (TPSA) is 34.1 Å². The van der Waals surface area contributed by atoms with Crippen LogP contribution in [0.5, 0.6) is 0 Å². The van der Waals surface area contributed by atoms with Gasteiger partial charge in [0, 0.05) is 18.4 Å². The van der Waals surface area contributed by atoms with E-state index in [4.69, 9.17) is 0 Å². The fraction of sp³-hybridized carbons (Fsp3) is 0.545. The van der Waals surface area contributed by atoms with Crippen molar-refractivity contribution in [3.05, 3.63) is 95.6 Å². The molecular weight excluding hydrogens is 560 g/mol. The van der Waals surface area contributed by atoms with Crippen LogP contribution in [0.25, 0.3) is 10.8 Å². The Morgan fingerprint density at radius 3 is 1.57 bits per heavy atom. The molecule has 0 heterocycles. The number of aryl methyl sites for hydroxylation is 1. The number of allylic oxidation sites excluding steroid dienone is 1. The van der Waals surface area contributed by atoms with Gasteiger partial charge in [-0.25, -0.2) is 0 Å². The van der Waals surface area contributed by atoms with Gasteiger partial charge in [-0.1, -0.05) is 161 Å².